The Morgan fingerprint density at radius 3 is 2.67 bits per heavy atom. The van der Waals surface area contributed by atoms with E-state index in [2.05, 4.69) is 10.3 Å². The van der Waals surface area contributed by atoms with Crippen LogP contribution in [-0.2, 0) is 0 Å². The van der Waals surface area contributed by atoms with Crippen molar-refractivity contribution in [2.45, 2.75) is 18.8 Å². The topological polar surface area (TPSA) is 68.0 Å². The maximum atomic E-state index is 12.2. The van der Waals surface area contributed by atoms with Crippen LogP contribution >= 0.6 is 24.8 Å². The predicted octanol–water partition coefficient (Wildman–Crippen LogP) is 2.64. The summed E-state index contributed by atoms with van der Waals surface area (Å²) in [6.07, 6.45) is 2.35. The lowest BCUT2D eigenvalue weighted by Gasteiger charge is -2.09. The summed E-state index contributed by atoms with van der Waals surface area (Å²) in [6, 6.07) is 9.72. The highest BCUT2D eigenvalue weighted by Gasteiger charge is 2.26. The Morgan fingerprint density at radius 2 is 2.00 bits per heavy atom. The Bertz CT molecular complexity index is 629. The molecule has 1 aliphatic rings. The van der Waals surface area contributed by atoms with Crippen molar-refractivity contribution in [1.29, 1.82) is 0 Å². The second kappa shape index (κ2) is 7.59. The molecule has 0 saturated heterocycles. The molecular weight excluding hydrogens is 309 g/mol. The van der Waals surface area contributed by atoms with E-state index in [0.29, 0.717) is 24.6 Å². The average Bonchev–Trinajstić information content (AvgIpc) is 3.28. The van der Waals surface area contributed by atoms with Gasteiger partial charge >= 0.3 is 0 Å². The molecule has 1 heterocycles. The summed E-state index contributed by atoms with van der Waals surface area (Å²) in [5.74, 6) is 0.469. The lowest BCUT2D eigenvalue weighted by molar-refractivity contribution is 0.0956. The molecule has 1 aliphatic carbocycles. The molecule has 3 rings (SSSR count). The molecule has 2 aromatic rings. The first kappa shape index (κ1) is 17.7. The molecule has 0 atom stereocenters. The van der Waals surface area contributed by atoms with Crippen LogP contribution in [0.3, 0.4) is 0 Å². The van der Waals surface area contributed by atoms with Gasteiger partial charge in [0.1, 0.15) is 0 Å². The summed E-state index contributed by atoms with van der Waals surface area (Å²) in [5.41, 5.74) is 8.07. The van der Waals surface area contributed by atoms with Crippen LogP contribution in [0.5, 0.6) is 0 Å². The summed E-state index contributed by atoms with van der Waals surface area (Å²) in [5, 5.41) is 3.74. The van der Waals surface area contributed by atoms with Crippen LogP contribution in [0, 0.1) is 0 Å². The quantitative estimate of drug-likeness (QED) is 0.907. The average molecular weight is 328 g/mol. The molecular formula is C15H19Cl2N3O. The molecule has 1 saturated carbocycles. The van der Waals surface area contributed by atoms with E-state index < -0.39 is 0 Å². The number of rotatable bonds is 4. The molecule has 1 amide bonds. The first-order valence-corrected chi connectivity index (χ1v) is 6.67. The zero-order valence-corrected chi connectivity index (χ0v) is 13.2. The second-order valence-electron chi connectivity index (χ2n) is 4.93. The summed E-state index contributed by atoms with van der Waals surface area (Å²) in [7, 11) is 0. The molecule has 0 bridgehead atoms. The fourth-order valence-electron chi connectivity index (χ4n) is 2.25. The number of benzene rings is 1. The summed E-state index contributed by atoms with van der Waals surface area (Å²) >= 11 is 0. The van der Waals surface area contributed by atoms with Gasteiger partial charge in [0.25, 0.3) is 5.91 Å². The molecule has 3 N–H and O–H groups in total. The molecule has 0 radical (unpaired) electrons. The van der Waals surface area contributed by atoms with Gasteiger partial charge in [-0.25, -0.2) is 0 Å². The number of hydrogen-bond acceptors (Lipinski definition) is 3. The molecule has 1 fully saturated rings. The number of hydrogen-bond donors (Lipinski definition) is 2. The van der Waals surface area contributed by atoms with E-state index in [1.54, 1.807) is 0 Å². The number of halogens is 2. The van der Waals surface area contributed by atoms with Gasteiger partial charge in [0.15, 0.2) is 0 Å². The molecule has 0 spiro atoms. The molecule has 1 aromatic carbocycles. The van der Waals surface area contributed by atoms with Crippen LogP contribution in [0.4, 0.5) is 0 Å². The number of amides is 1. The van der Waals surface area contributed by atoms with Crippen molar-refractivity contribution in [3.63, 3.8) is 0 Å². The van der Waals surface area contributed by atoms with E-state index in [-0.39, 0.29) is 30.7 Å². The third-order valence-electron chi connectivity index (χ3n) is 3.41. The van der Waals surface area contributed by atoms with Gasteiger partial charge in [0.05, 0.1) is 11.1 Å². The molecule has 0 aliphatic heterocycles. The lowest BCUT2D eigenvalue weighted by Crippen LogP contribution is -2.29. The van der Waals surface area contributed by atoms with Gasteiger partial charge in [0, 0.05) is 30.1 Å². The number of nitrogens with one attached hydrogen (secondary N) is 1. The van der Waals surface area contributed by atoms with Crippen LogP contribution in [0.1, 0.15) is 34.8 Å². The number of pyridine rings is 1. The maximum Gasteiger partial charge on any atom is 0.252 e. The first-order chi connectivity index (χ1) is 9.29. The second-order valence-corrected chi connectivity index (χ2v) is 4.93. The van der Waals surface area contributed by atoms with Gasteiger partial charge < -0.3 is 11.1 Å². The van der Waals surface area contributed by atoms with Crippen LogP contribution in [-0.4, -0.2) is 24.0 Å². The van der Waals surface area contributed by atoms with Gasteiger partial charge in [0.2, 0.25) is 0 Å². The standard InChI is InChI=1S/C15H17N3O.2ClH/c16-7-8-17-15(19)12-9-14(10-5-6-10)18-13-4-2-1-3-11(12)13;;/h1-4,9-10H,5-8,16H2,(H,17,19);2*1H. The van der Waals surface area contributed by atoms with Gasteiger partial charge in [-0.3, -0.25) is 9.78 Å². The van der Waals surface area contributed by atoms with Crippen molar-refractivity contribution in [1.82, 2.24) is 10.3 Å². The number of fused-ring (bicyclic) bond motifs is 1. The van der Waals surface area contributed by atoms with E-state index in [4.69, 9.17) is 5.73 Å². The fourth-order valence-corrected chi connectivity index (χ4v) is 2.25. The summed E-state index contributed by atoms with van der Waals surface area (Å²) in [4.78, 5) is 16.9. The van der Waals surface area contributed by atoms with Gasteiger partial charge in [-0.1, -0.05) is 18.2 Å². The third kappa shape index (κ3) is 3.84. The van der Waals surface area contributed by atoms with Crippen molar-refractivity contribution in [2.75, 3.05) is 13.1 Å². The number of nitrogens with two attached hydrogens (primary N) is 1. The monoisotopic (exact) mass is 327 g/mol. The third-order valence-corrected chi connectivity index (χ3v) is 3.41. The molecule has 1 aromatic heterocycles. The summed E-state index contributed by atoms with van der Waals surface area (Å²) in [6.45, 7) is 0.943. The van der Waals surface area contributed by atoms with Crippen molar-refractivity contribution in [2.24, 2.45) is 5.73 Å². The highest BCUT2D eigenvalue weighted by Crippen LogP contribution is 2.40. The normalized spacial score (nSPS) is 13.2. The molecule has 114 valence electrons. The van der Waals surface area contributed by atoms with Gasteiger partial charge in [-0.15, -0.1) is 24.8 Å². The fraction of sp³-hybridized carbons (Fsp3) is 0.333. The highest BCUT2D eigenvalue weighted by atomic mass is 35.5. The van der Waals surface area contributed by atoms with Crippen LogP contribution in [0.15, 0.2) is 30.3 Å². The van der Waals surface area contributed by atoms with Gasteiger partial charge in [-0.2, -0.15) is 0 Å². The Labute approximate surface area is 136 Å². The molecule has 4 nitrogen and oxygen atoms in total. The van der Waals surface area contributed by atoms with Crippen molar-refractivity contribution >= 4 is 41.6 Å². The van der Waals surface area contributed by atoms with Crippen molar-refractivity contribution < 1.29 is 4.79 Å². The number of carbonyl (C=O) groups is 1. The Morgan fingerprint density at radius 1 is 1.29 bits per heavy atom. The highest BCUT2D eigenvalue weighted by molar-refractivity contribution is 6.06. The molecule has 21 heavy (non-hydrogen) atoms. The first-order valence-electron chi connectivity index (χ1n) is 6.67. The zero-order chi connectivity index (χ0) is 13.2. The zero-order valence-electron chi connectivity index (χ0n) is 11.5. The van der Waals surface area contributed by atoms with E-state index >= 15 is 0 Å². The Kier molecular flexibility index (Phi) is 6.40. The molecule has 6 heteroatoms. The minimum absolute atomic E-state index is 0. The van der Waals surface area contributed by atoms with Crippen molar-refractivity contribution in [3.05, 3.63) is 41.6 Å². The number of nitrogens with zero attached hydrogens (tertiary/aromatic N) is 1. The number of aromatic nitrogens is 1. The minimum atomic E-state index is -0.0639. The number of para-hydroxylation sites is 1. The Balaban J connectivity index is 0.00000110. The minimum Gasteiger partial charge on any atom is -0.351 e. The molecule has 0 unspecified atom stereocenters. The SMILES string of the molecule is Cl.Cl.NCCNC(=O)c1cc(C2CC2)nc2ccccc12. The smallest absolute Gasteiger partial charge is 0.252 e. The van der Waals surface area contributed by atoms with E-state index in [0.717, 1.165) is 16.6 Å². The van der Waals surface area contributed by atoms with Gasteiger partial charge in [-0.05, 0) is 25.0 Å². The predicted molar refractivity (Wildman–Crippen MR) is 89.6 cm³/mol. The van der Waals surface area contributed by atoms with E-state index in [1.165, 1.54) is 12.8 Å². The van der Waals surface area contributed by atoms with Crippen molar-refractivity contribution in [3.8, 4) is 0 Å². The number of carbonyl (C=O) groups excluding carboxylic acids is 1. The van der Waals surface area contributed by atoms with Crippen LogP contribution in [0.25, 0.3) is 10.9 Å². The maximum absolute atomic E-state index is 12.2. The van der Waals surface area contributed by atoms with Crippen LogP contribution in [0.2, 0.25) is 0 Å². The van der Waals surface area contributed by atoms with E-state index in [1.807, 2.05) is 30.3 Å². The Hall–Kier alpha value is -1.36. The van der Waals surface area contributed by atoms with Crippen LogP contribution < -0.4 is 11.1 Å². The largest absolute Gasteiger partial charge is 0.351 e. The van der Waals surface area contributed by atoms with E-state index in [9.17, 15) is 4.79 Å². The lowest BCUT2D eigenvalue weighted by atomic mass is 10.1. The summed E-state index contributed by atoms with van der Waals surface area (Å²) < 4.78 is 0.